The van der Waals surface area contributed by atoms with E-state index in [4.69, 9.17) is 0 Å². The van der Waals surface area contributed by atoms with E-state index in [0.29, 0.717) is 18.7 Å². The summed E-state index contributed by atoms with van der Waals surface area (Å²) in [5.41, 5.74) is 0.691. The number of aromatic nitrogens is 1. The van der Waals surface area contributed by atoms with E-state index >= 15 is 0 Å². The fourth-order valence-corrected chi connectivity index (χ4v) is 2.71. The third kappa shape index (κ3) is 5.44. The summed E-state index contributed by atoms with van der Waals surface area (Å²) in [6.45, 7) is 0.304. The monoisotopic (exact) mass is 305 g/mol. The van der Waals surface area contributed by atoms with E-state index < -0.39 is 0 Å². The number of anilines is 1. The van der Waals surface area contributed by atoms with Gasteiger partial charge < -0.3 is 15.7 Å². The number of nitrogens with one attached hydrogen (secondary N) is 2. The molecule has 2 atom stereocenters. The fourth-order valence-electron chi connectivity index (χ4n) is 2.71. The van der Waals surface area contributed by atoms with Gasteiger partial charge in [-0.3, -0.25) is 14.6 Å². The van der Waals surface area contributed by atoms with Crippen molar-refractivity contribution in [3.05, 3.63) is 24.5 Å². The van der Waals surface area contributed by atoms with Gasteiger partial charge in [0.05, 0.1) is 6.10 Å². The molecule has 1 saturated carbocycles. The molecule has 1 fully saturated rings. The molecule has 120 valence electrons. The van der Waals surface area contributed by atoms with Gasteiger partial charge in [-0.05, 0) is 30.9 Å². The van der Waals surface area contributed by atoms with Crippen LogP contribution in [0.4, 0.5) is 5.69 Å². The number of aliphatic hydroxyl groups excluding tert-OH is 1. The molecule has 1 aromatic rings. The molecule has 0 aromatic carbocycles. The molecule has 3 N–H and O–H groups in total. The second-order valence-corrected chi connectivity index (χ2v) is 5.70. The zero-order valence-corrected chi connectivity index (χ0v) is 12.6. The van der Waals surface area contributed by atoms with Crippen LogP contribution in [-0.4, -0.2) is 34.6 Å². The molecular weight excluding hydrogens is 282 g/mol. The quantitative estimate of drug-likeness (QED) is 0.742. The smallest absolute Gasteiger partial charge is 0.226 e. The molecule has 0 bridgehead atoms. The Kier molecular flexibility index (Phi) is 6.33. The maximum atomic E-state index is 11.8. The number of hydrogen-bond acceptors (Lipinski definition) is 4. The SMILES string of the molecule is O=C(C[C@H]1CCCC[C@@H]1O)NCCC(=O)Nc1ccncc1. The average molecular weight is 305 g/mol. The highest BCUT2D eigenvalue weighted by atomic mass is 16.3. The lowest BCUT2D eigenvalue weighted by molar-refractivity contribution is -0.123. The Balaban J connectivity index is 1.63. The Labute approximate surface area is 130 Å². The van der Waals surface area contributed by atoms with Crippen LogP contribution in [0.5, 0.6) is 0 Å². The van der Waals surface area contributed by atoms with Crippen molar-refractivity contribution in [1.29, 1.82) is 0 Å². The highest BCUT2D eigenvalue weighted by Crippen LogP contribution is 2.26. The standard InChI is InChI=1S/C16H23N3O3/c20-14-4-2-1-3-12(14)11-16(22)18-10-7-15(21)19-13-5-8-17-9-6-13/h5-6,8-9,12,14,20H,1-4,7,10-11H2,(H,18,22)(H,17,19,21)/t12-,14+/m1/s1. The predicted octanol–water partition coefficient (Wildman–Crippen LogP) is 1.47. The summed E-state index contributed by atoms with van der Waals surface area (Å²) in [7, 11) is 0. The second kappa shape index (κ2) is 8.48. The van der Waals surface area contributed by atoms with E-state index in [0.717, 1.165) is 25.7 Å². The summed E-state index contributed by atoms with van der Waals surface area (Å²) in [5.74, 6) is -0.189. The van der Waals surface area contributed by atoms with Crippen molar-refractivity contribution in [2.45, 2.75) is 44.6 Å². The van der Waals surface area contributed by atoms with Crippen molar-refractivity contribution >= 4 is 17.5 Å². The normalized spacial score (nSPS) is 21.1. The minimum Gasteiger partial charge on any atom is -0.393 e. The molecule has 0 aliphatic heterocycles. The minimum atomic E-state index is -0.366. The summed E-state index contributed by atoms with van der Waals surface area (Å²) in [6.07, 6.45) is 7.20. The van der Waals surface area contributed by atoms with Crippen LogP contribution in [0.25, 0.3) is 0 Å². The van der Waals surface area contributed by atoms with Crippen LogP contribution in [0.3, 0.4) is 0 Å². The van der Waals surface area contributed by atoms with E-state index in [1.54, 1.807) is 24.5 Å². The topological polar surface area (TPSA) is 91.3 Å². The van der Waals surface area contributed by atoms with Crippen molar-refractivity contribution in [3.8, 4) is 0 Å². The molecule has 6 nitrogen and oxygen atoms in total. The Hall–Kier alpha value is -1.95. The van der Waals surface area contributed by atoms with Crippen molar-refractivity contribution in [2.24, 2.45) is 5.92 Å². The molecule has 1 aliphatic carbocycles. The van der Waals surface area contributed by atoms with Crippen LogP contribution in [-0.2, 0) is 9.59 Å². The second-order valence-electron chi connectivity index (χ2n) is 5.70. The summed E-state index contributed by atoms with van der Waals surface area (Å²) >= 11 is 0. The highest BCUT2D eigenvalue weighted by Gasteiger charge is 2.25. The van der Waals surface area contributed by atoms with E-state index in [1.807, 2.05) is 0 Å². The van der Waals surface area contributed by atoms with Crippen molar-refractivity contribution in [2.75, 3.05) is 11.9 Å². The van der Waals surface area contributed by atoms with E-state index in [-0.39, 0.29) is 30.3 Å². The number of carbonyl (C=O) groups excluding carboxylic acids is 2. The lowest BCUT2D eigenvalue weighted by Crippen LogP contribution is -2.33. The van der Waals surface area contributed by atoms with Crippen molar-refractivity contribution in [1.82, 2.24) is 10.3 Å². The van der Waals surface area contributed by atoms with E-state index in [2.05, 4.69) is 15.6 Å². The summed E-state index contributed by atoms with van der Waals surface area (Å²) in [4.78, 5) is 27.4. The van der Waals surface area contributed by atoms with Gasteiger partial charge in [0, 0.05) is 37.5 Å². The van der Waals surface area contributed by atoms with Gasteiger partial charge in [-0.15, -0.1) is 0 Å². The molecule has 22 heavy (non-hydrogen) atoms. The zero-order chi connectivity index (χ0) is 15.8. The number of nitrogens with zero attached hydrogens (tertiary/aromatic N) is 1. The summed E-state index contributed by atoms with van der Waals surface area (Å²) < 4.78 is 0. The predicted molar refractivity (Wildman–Crippen MR) is 83.1 cm³/mol. The first kappa shape index (κ1) is 16.4. The van der Waals surface area contributed by atoms with Gasteiger partial charge in [-0.1, -0.05) is 12.8 Å². The lowest BCUT2D eigenvalue weighted by Gasteiger charge is -2.26. The third-order valence-corrected chi connectivity index (χ3v) is 3.95. The van der Waals surface area contributed by atoms with Crippen LogP contribution >= 0.6 is 0 Å². The molecule has 0 radical (unpaired) electrons. The minimum absolute atomic E-state index is 0.0550. The van der Waals surface area contributed by atoms with Gasteiger partial charge in [-0.25, -0.2) is 0 Å². The van der Waals surface area contributed by atoms with Crippen LogP contribution in [0.15, 0.2) is 24.5 Å². The first-order chi connectivity index (χ1) is 10.6. The third-order valence-electron chi connectivity index (χ3n) is 3.95. The number of rotatable bonds is 6. The Morgan fingerprint density at radius 2 is 1.91 bits per heavy atom. The molecule has 2 rings (SSSR count). The highest BCUT2D eigenvalue weighted by molar-refractivity contribution is 5.91. The van der Waals surface area contributed by atoms with Gasteiger partial charge in [0.15, 0.2) is 0 Å². The van der Waals surface area contributed by atoms with E-state index in [9.17, 15) is 14.7 Å². The lowest BCUT2D eigenvalue weighted by atomic mass is 9.84. The first-order valence-corrected chi connectivity index (χ1v) is 7.80. The Morgan fingerprint density at radius 3 is 2.64 bits per heavy atom. The van der Waals surface area contributed by atoms with Crippen LogP contribution in [0.2, 0.25) is 0 Å². The number of aliphatic hydroxyl groups is 1. The molecular formula is C16H23N3O3. The van der Waals surface area contributed by atoms with E-state index in [1.165, 1.54) is 0 Å². The van der Waals surface area contributed by atoms with Gasteiger partial charge in [0.25, 0.3) is 0 Å². The molecule has 1 aliphatic rings. The van der Waals surface area contributed by atoms with Crippen LogP contribution in [0.1, 0.15) is 38.5 Å². The molecule has 0 spiro atoms. The number of carbonyl (C=O) groups is 2. The Morgan fingerprint density at radius 1 is 1.18 bits per heavy atom. The number of amides is 2. The fraction of sp³-hybridized carbons (Fsp3) is 0.562. The molecule has 6 heteroatoms. The maximum absolute atomic E-state index is 11.8. The maximum Gasteiger partial charge on any atom is 0.226 e. The largest absolute Gasteiger partial charge is 0.393 e. The van der Waals surface area contributed by atoms with Gasteiger partial charge in [-0.2, -0.15) is 0 Å². The van der Waals surface area contributed by atoms with Crippen molar-refractivity contribution < 1.29 is 14.7 Å². The van der Waals surface area contributed by atoms with Gasteiger partial charge in [0.1, 0.15) is 0 Å². The molecule has 1 heterocycles. The zero-order valence-electron chi connectivity index (χ0n) is 12.6. The molecule has 0 unspecified atom stereocenters. The molecule has 0 saturated heterocycles. The number of hydrogen-bond donors (Lipinski definition) is 3. The average Bonchev–Trinajstić information content (AvgIpc) is 2.50. The molecule has 2 amide bonds. The number of pyridine rings is 1. The summed E-state index contributed by atoms with van der Waals surface area (Å²) in [6, 6.07) is 3.42. The van der Waals surface area contributed by atoms with Crippen LogP contribution in [0, 0.1) is 5.92 Å². The first-order valence-electron chi connectivity index (χ1n) is 7.80. The van der Waals surface area contributed by atoms with Gasteiger partial charge in [0.2, 0.25) is 11.8 Å². The Bertz CT molecular complexity index is 493. The summed E-state index contributed by atoms with van der Waals surface area (Å²) in [5, 5.41) is 15.3. The van der Waals surface area contributed by atoms with Gasteiger partial charge >= 0.3 is 0 Å². The van der Waals surface area contributed by atoms with Crippen molar-refractivity contribution in [3.63, 3.8) is 0 Å². The molecule has 1 aromatic heterocycles. The van der Waals surface area contributed by atoms with Crippen LogP contribution < -0.4 is 10.6 Å².